The third-order valence-corrected chi connectivity index (χ3v) is 3.14. The minimum absolute atomic E-state index is 0.171. The zero-order chi connectivity index (χ0) is 12.4. The van der Waals surface area contributed by atoms with Crippen molar-refractivity contribution >= 4 is 15.9 Å². The van der Waals surface area contributed by atoms with E-state index in [2.05, 4.69) is 26.0 Å². The molecule has 0 spiro atoms. The number of hydrogen-bond acceptors (Lipinski definition) is 3. The van der Waals surface area contributed by atoms with Crippen LogP contribution >= 0.6 is 15.9 Å². The Morgan fingerprint density at radius 2 is 2.35 bits per heavy atom. The van der Waals surface area contributed by atoms with Gasteiger partial charge in [-0.1, -0.05) is 0 Å². The molecule has 2 rings (SSSR count). The molecule has 0 fully saturated rings. The number of aromatic amines is 1. The van der Waals surface area contributed by atoms with Crippen LogP contribution in [0.15, 0.2) is 27.6 Å². The average molecular weight is 298 g/mol. The van der Waals surface area contributed by atoms with E-state index >= 15 is 0 Å². The Labute approximate surface area is 107 Å². The van der Waals surface area contributed by atoms with Gasteiger partial charge < -0.3 is 4.74 Å². The highest BCUT2D eigenvalue weighted by atomic mass is 79.9. The van der Waals surface area contributed by atoms with E-state index in [1.807, 2.05) is 19.1 Å². The standard InChI is InChI=1S/C11H12BrN3O2/c1-7-3-4-13-9(5-7)15-11(16)10(12)8(14-15)6-17-2/h3-5,14H,6H2,1-2H3. The van der Waals surface area contributed by atoms with Crippen LogP contribution in [0.5, 0.6) is 0 Å². The Morgan fingerprint density at radius 3 is 3.00 bits per heavy atom. The number of H-pyrrole nitrogens is 1. The summed E-state index contributed by atoms with van der Waals surface area (Å²) >= 11 is 3.25. The molecule has 17 heavy (non-hydrogen) atoms. The molecule has 2 heterocycles. The summed E-state index contributed by atoms with van der Waals surface area (Å²) in [6.07, 6.45) is 1.67. The zero-order valence-electron chi connectivity index (χ0n) is 9.53. The highest BCUT2D eigenvalue weighted by Crippen LogP contribution is 2.13. The molecule has 0 unspecified atom stereocenters. The van der Waals surface area contributed by atoms with Crippen LogP contribution in [0.2, 0.25) is 0 Å². The highest BCUT2D eigenvalue weighted by molar-refractivity contribution is 9.10. The Balaban J connectivity index is 2.53. The molecule has 0 saturated carbocycles. The number of halogens is 1. The van der Waals surface area contributed by atoms with Gasteiger partial charge in [0.1, 0.15) is 4.47 Å². The van der Waals surface area contributed by atoms with Crippen LogP contribution in [0.3, 0.4) is 0 Å². The number of aromatic nitrogens is 3. The molecule has 90 valence electrons. The first-order valence-corrected chi connectivity index (χ1v) is 5.84. The van der Waals surface area contributed by atoms with Gasteiger partial charge in [-0.05, 0) is 40.5 Å². The second kappa shape index (κ2) is 4.85. The summed E-state index contributed by atoms with van der Waals surface area (Å²) in [7, 11) is 1.58. The molecule has 0 amide bonds. The molecule has 5 nitrogen and oxygen atoms in total. The number of rotatable bonds is 3. The van der Waals surface area contributed by atoms with E-state index in [9.17, 15) is 4.79 Å². The largest absolute Gasteiger partial charge is 0.378 e. The van der Waals surface area contributed by atoms with Crippen LogP contribution in [-0.2, 0) is 11.3 Å². The van der Waals surface area contributed by atoms with Crippen LogP contribution < -0.4 is 5.56 Å². The van der Waals surface area contributed by atoms with Crippen molar-refractivity contribution in [1.82, 2.24) is 14.8 Å². The van der Waals surface area contributed by atoms with Gasteiger partial charge in [0.05, 0.1) is 12.3 Å². The molecule has 0 bridgehead atoms. The van der Waals surface area contributed by atoms with Gasteiger partial charge in [-0.15, -0.1) is 0 Å². The van der Waals surface area contributed by atoms with E-state index in [-0.39, 0.29) is 5.56 Å². The first-order chi connectivity index (χ1) is 8.13. The van der Waals surface area contributed by atoms with Crippen molar-refractivity contribution in [3.63, 3.8) is 0 Å². The average Bonchev–Trinajstić information content (AvgIpc) is 2.58. The van der Waals surface area contributed by atoms with E-state index in [1.165, 1.54) is 4.68 Å². The lowest BCUT2D eigenvalue weighted by atomic mass is 10.3. The maximum absolute atomic E-state index is 12.0. The lowest BCUT2D eigenvalue weighted by molar-refractivity contribution is 0.180. The predicted octanol–water partition coefficient (Wildman–Crippen LogP) is 1.78. The number of ether oxygens (including phenoxy) is 1. The Bertz CT molecular complexity index is 589. The molecule has 0 aromatic carbocycles. The predicted molar refractivity (Wildman–Crippen MR) is 67.3 cm³/mol. The Morgan fingerprint density at radius 1 is 1.59 bits per heavy atom. The van der Waals surface area contributed by atoms with Crippen LogP contribution in [0.1, 0.15) is 11.3 Å². The van der Waals surface area contributed by atoms with Crippen molar-refractivity contribution in [2.45, 2.75) is 13.5 Å². The fourth-order valence-electron chi connectivity index (χ4n) is 1.51. The number of pyridine rings is 1. The van der Waals surface area contributed by atoms with E-state index in [0.29, 0.717) is 22.6 Å². The fraction of sp³-hybridized carbons (Fsp3) is 0.273. The van der Waals surface area contributed by atoms with E-state index in [1.54, 1.807) is 13.3 Å². The van der Waals surface area contributed by atoms with Crippen LogP contribution in [-0.4, -0.2) is 21.9 Å². The zero-order valence-corrected chi connectivity index (χ0v) is 11.1. The van der Waals surface area contributed by atoms with Crippen molar-refractivity contribution in [3.8, 4) is 5.82 Å². The number of nitrogens with zero attached hydrogens (tertiary/aromatic N) is 2. The third-order valence-electron chi connectivity index (χ3n) is 2.32. The quantitative estimate of drug-likeness (QED) is 0.939. The van der Waals surface area contributed by atoms with Gasteiger partial charge in [0.2, 0.25) is 0 Å². The smallest absolute Gasteiger partial charge is 0.287 e. The second-order valence-electron chi connectivity index (χ2n) is 3.67. The molecule has 2 aromatic rings. The molecular formula is C11H12BrN3O2. The molecule has 0 atom stereocenters. The van der Waals surface area contributed by atoms with Gasteiger partial charge in [0.25, 0.3) is 5.56 Å². The third kappa shape index (κ3) is 2.32. The van der Waals surface area contributed by atoms with Gasteiger partial charge in [0, 0.05) is 13.3 Å². The number of nitrogens with one attached hydrogen (secondary N) is 1. The maximum Gasteiger partial charge on any atom is 0.287 e. The monoisotopic (exact) mass is 297 g/mol. The van der Waals surface area contributed by atoms with Crippen molar-refractivity contribution in [2.75, 3.05) is 7.11 Å². The maximum atomic E-state index is 12.0. The van der Waals surface area contributed by atoms with Gasteiger partial charge in [-0.2, -0.15) is 0 Å². The first-order valence-electron chi connectivity index (χ1n) is 5.05. The van der Waals surface area contributed by atoms with Crippen LogP contribution in [0, 0.1) is 6.92 Å². The normalized spacial score (nSPS) is 10.8. The molecule has 1 N–H and O–H groups in total. The Kier molecular flexibility index (Phi) is 3.44. The van der Waals surface area contributed by atoms with E-state index < -0.39 is 0 Å². The van der Waals surface area contributed by atoms with Gasteiger partial charge in [-0.3, -0.25) is 9.89 Å². The lowest BCUT2D eigenvalue weighted by Crippen LogP contribution is -2.15. The molecule has 0 aliphatic heterocycles. The topological polar surface area (TPSA) is 59.9 Å². The number of aryl methyl sites for hydroxylation is 1. The number of methoxy groups -OCH3 is 1. The highest BCUT2D eigenvalue weighted by Gasteiger charge is 2.13. The van der Waals surface area contributed by atoms with Crippen LogP contribution in [0.25, 0.3) is 5.82 Å². The van der Waals surface area contributed by atoms with Gasteiger partial charge >= 0.3 is 0 Å². The van der Waals surface area contributed by atoms with Crippen LogP contribution in [0.4, 0.5) is 0 Å². The molecule has 6 heteroatoms. The summed E-state index contributed by atoms with van der Waals surface area (Å²) in [5, 5.41) is 2.96. The van der Waals surface area contributed by atoms with Crippen molar-refractivity contribution in [1.29, 1.82) is 0 Å². The molecule has 0 radical (unpaired) electrons. The minimum atomic E-state index is -0.171. The van der Waals surface area contributed by atoms with E-state index in [0.717, 1.165) is 5.56 Å². The summed E-state index contributed by atoms with van der Waals surface area (Å²) in [5.74, 6) is 0.568. The fourth-order valence-corrected chi connectivity index (χ4v) is 1.89. The van der Waals surface area contributed by atoms with Crippen molar-refractivity contribution in [2.24, 2.45) is 0 Å². The SMILES string of the molecule is COCc1[nH]n(-c2cc(C)ccn2)c(=O)c1Br. The Hall–Kier alpha value is -1.40. The van der Waals surface area contributed by atoms with Gasteiger partial charge in [-0.25, -0.2) is 9.67 Å². The lowest BCUT2D eigenvalue weighted by Gasteiger charge is -2.01. The summed E-state index contributed by atoms with van der Waals surface area (Å²) < 4.78 is 6.87. The molecule has 0 aliphatic rings. The molecule has 2 aromatic heterocycles. The van der Waals surface area contributed by atoms with Gasteiger partial charge in [0.15, 0.2) is 5.82 Å². The molecular weight excluding hydrogens is 286 g/mol. The van der Waals surface area contributed by atoms with E-state index in [4.69, 9.17) is 4.74 Å². The minimum Gasteiger partial charge on any atom is -0.378 e. The number of hydrogen-bond donors (Lipinski definition) is 1. The molecule has 0 aliphatic carbocycles. The molecule has 0 saturated heterocycles. The summed E-state index contributed by atoms with van der Waals surface area (Å²) in [6, 6.07) is 3.71. The first kappa shape index (κ1) is 12.1. The summed E-state index contributed by atoms with van der Waals surface area (Å²) in [4.78, 5) is 16.1. The van der Waals surface area contributed by atoms with Crippen molar-refractivity contribution < 1.29 is 4.74 Å². The second-order valence-corrected chi connectivity index (χ2v) is 4.46. The van der Waals surface area contributed by atoms with Crippen molar-refractivity contribution in [3.05, 3.63) is 44.4 Å². The summed E-state index contributed by atoms with van der Waals surface area (Å²) in [5.41, 5.74) is 1.57. The summed E-state index contributed by atoms with van der Waals surface area (Å²) in [6.45, 7) is 2.29.